The van der Waals surface area contributed by atoms with Gasteiger partial charge in [-0.1, -0.05) is 43.3 Å². The molecule has 2 aromatic carbocycles. The minimum atomic E-state index is 0.326. The zero-order chi connectivity index (χ0) is 13.0. The predicted molar refractivity (Wildman–Crippen MR) is 78.7 cm³/mol. The average Bonchev–Trinajstić information content (AvgIpc) is 2.41. The molecule has 0 saturated carbocycles. The molecule has 0 aliphatic heterocycles. The first kappa shape index (κ1) is 12.5. The molecule has 0 aromatic heterocycles. The SMILES string of the molecule is CCC(Nc1cccc(N)c1C)c1ccccc1. The molecule has 0 aliphatic rings. The number of hydrogen-bond donors (Lipinski definition) is 2. The second-order valence-electron chi connectivity index (χ2n) is 4.54. The molecule has 0 radical (unpaired) electrons. The normalized spacial score (nSPS) is 12.1. The van der Waals surface area contributed by atoms with Crippen LogP contribution in [0.4, 0.5) is 11.4 Å². The molecule has 2 heteroatoms. The lowest BCUT2D eigenvalue weighted by Gasteiger charge is -2.20. The molecular weight excluding hydrogens is 220 g/mol. The molecule has 0 spiro atoms. The second kappa shape index (κ2) is 5.58. The van der Waals surface area contributed by atoms with Crippen LogP contribution in [0, 0.1) is 6.92 Å². The molecule has 1 unspecified atom stereocenters. The van der Waals surface area contributed by atoms with Crippen molar-refractivity contribution < 1.29 is 0 Å². The van der Waals surface area contributed by atoms with Crippen molar-refractivity contribution in [3.63, 3.8) is 0 Å². The highest BCUT2D eigenvalue weighted by molar-refractivity contribution is 5.63. The first-order valence-electron chi connectivity index (χ1n) is 6.39. The van der Waals surface area contributed by atoms with Gasteiger partial charge in [-0.05, 0) is 36.6 Å². The summed E-state index contributed by atoms with van der Waals surface area (Å²) >= 11 is 0. The van der Waals surface area contributed by atoms with Crippen LogP contribution in [0.5, 0.6) is 0 Å². The number of anilines is 2. The second-order valence-corrected chi connectivity index (χ2v) is 4.54. The highest BCUT2D eigenvalue weighted by atomic mass is 14.9. The van der Waals surface area contributed by atoms with Gasteiger partial charge in [-0.2, -0.15) is 0 Å². The Morgan fingerprint density at radius 3 is 2.44 bits per heavy atom. The fraction of sp³-hybridized carbons (Fsp3) is 0.250. The Balaban J connectivity index is 2.24. The van der Waals surface area contributed by atoms with E-state index in [0.717, 1.165) is 23.4 Å². The maximum absolute atomic E-state index is 5.94. The van der Waals surface area contributed by atoms with Crippen LogP contribution in [0.15, 0.2) is 48.5 Å². The molecule has 2 rings (SSSR count). The maximum atomic E-state index is 5.94. The van der Waals surface area contributed by atoms with Gasteiger partial charge >= 0.3 is 0 Å². The number of hydrogen-bond acceptors (Lipinski definition) is 2. The van der Waals surface area contributed by atoms with E-state index in [1.54, 1.807) is 0 Å². The number of nitrogen functional groups attached to an aromatic ring is 1. The van der Waals surface area contributed by atoms with E-state index >= 15 is 0 Å². The summed E-state index contributed by atoms with van der Waals surface area (Å²) in [5.74, 6) is 0. The number of nitrogens with two attached hydrogens (primary N) is 1. The molecule has 2 aromatic rings. The van der Waals surface area contributed by atoms with E-state index in [2.05, 4.69) is 49.5 Å². The van der Waals surface area contributed by atoms with Crippen LogP contribution in [-0.2, 0) is 0 Å². The molecule has 18 heavy (non-hydrogen) atoms. The van der Waals surface area contributed by atoms with E-state index < -0.39 is 0 Å². The standard InChI is InChI=1S/C16H20N2/c1-3-15(13-8-5-4-6-9-13)18-16-11-7-10-14(17)12(16)2/h4-11,15,18H,3,17H2,1-2H3. The van der Waals surface area contributed by atoms with Crippen LogP contribution in [0.1, 0.15) is 30.5 Å². The van der Waals surface area contributed by atoms with E-state index in [1.165, 1.54) is 5.56 Å². The average molecular weight is 240 g/mol. The quantitative estimate of drug-likeness (QED) is 0.788. The third-order valence-corrected chi connectivity index (χ3v) is 3.32. The Morgan fingerprint density at radius 2 is 1.78 bits per heavy atom. The molecule has 3 N–H and O–H groups in total. The number of rotatable bonds is 4. The third-order valence-electron chi connectivity index (χ3n) is 3.32. The molecular formula is C16H20N2. The van der Waals surface area contributed by atoms with E-state index in [-0.39, 0.29) is 0 Å². The van der Waals surface area contributed by atoms with Gasteiger partial charge in [0.2, 0.25) is 0 Å². The van der Waals surface area contributed by atoms with Crippen molar-refractivity contribution in [2.45, 2.75) is 26.3 Å². The summed E-state index contributed by atoms with van der Waals surface area (Å²) in [5.41, 5.74) is 10.3. The van der Waals surface area contributed by atoms with Gasteiger partial charge in [0.15, 0.2) is 0 Å². The highest BCUT2D eigenvalue weighted by Crippen LogP contribution is 2.27. The number of nitrogens with one attached hydrogen (secondary N) is 1. The minimum Gasteiger partial charge on any atom is -0.398 e. The lowest BCUT2D eigenvalue weighted by atomic mass is 10.0. The molecule has 1 atom stereocenters. The van der Waals surface area contributed by atoms with Crippen LogP contribution in [0.2, 0.25) is 0 Å². The van der Waals surface area contributed by atoms with Gasteiger partial charge in [-0.15, -0.1) is 0 Å². The summed E-state index contributed by atoms with van der Waals surface area (Å²) < 4.78 is 0. The summed E-state index contributed by atoms with van der Waals surface area (Å²) in [5, 5.41) is 3.57. The Bertz CT molecular complexity index is 506. The Labute approximate surface area is 109 Å². The third kappa shape index (κ3) is 2.65. The van der Waals surface area contributed by atoms with Crippen molar-refractivity contribution in [3.8, 4) is 0 Å². The highest BCUT2D eigenvalue weighted by Gasteiger charge is 2.10. The van der Waals surface area contributed by atoms with E-state index in [9.17, 15) is 0 Å². The monoisotopic (exact) mass is 240 g/mol. The fourth-order valence-electron chi connectivity index (χ4n) is 2.10. The topological polar surface area (TPSA) is 38.0 Å². The summed E-state index contributed by atoms with van der Waals surface area (Å²) in [6.45, 7) is 4.24. The summed E-state index contributed by atoms with van der Waals surface area (Å²) in [4.78, 5) is 0. The van der Waals surface area contributed by atoms with E-state index in [4.69, 9.17) is 5.73 Å². The van der Waals surface area contributed by atoms with Crippen molar-refractivity contribution in [2.75, 3.05) is 11.1 Å². The van der Waals surface area contributed by atoms with E-state index in [1.807, 2.05) is 18.2 Å². The van der Waals surface area contributed by atoms with Crippen molar-refractivity contribution in [3.05, 3.63) is 59.7 Å². The zero-order valence-corrected chi connectivity index (χ0v) is 11.0. The predicted octanol–water partition coefficient (Wildman–Crippen LogP) is 4.14. The summed E-state index contributed by atoms with van der Waals surface area (Å²) in [6.07, 6.45) is 1.04. The van der Waals surface area contributed by atoms with Crippen LogP contribution in [0.3, 0.4) is 0 Å². The van der Waals surface area contributed by atoms with Crippen LogP contribution >= 0.6 is 0 Å². The van der Waals surface area contributed by atoms with Gasteiger partial charge in [0, 0.05) is 11.4 Å². The van der Waals surface area contributed by atoms with Gasteiger partial charge in [0.05, 0.1) is 6.04 Å². The van der Waals surface area contributed by atoms with Crippen molar-refractivity contribution >= 4 is 11.4 Å². The maximum Gasteiger partial charge on any atom is 0.0511 e. The first-order valence-corrected chi connectivity index (χ1v) is 6.39. The van der Waals surface area contributed by atoms with Gasteiger partial charge in [-0.25, -0.2) is 0 Å². The van der Waals surface area contributed by atoms with Crippen molar-refractivity contribution in [1.82, 2.24) is 0 Å². The molecule has 0 heterocycles. The van der Waals surface area contributed by atoms with Gasteiger partial charge < -0.3 is 11.1 Å². The molecule has 0 fully saturated rings. The molecule has 2 nitrogen and oxygen atoms in total. The largest absolute Gasteiger partial charge is 0.398 e. The molecule has 94 valence electrons. The molecule has 0 aliphatic carbocycles. The fourth-order valence-corrected chi connectivity index (χ4v) is 2.10. The molecule has 0 amide bonds. The van der Waals surface area contributed by atoms with Crippen molar-refractivity contribution in [1.29, 1.82) is 0 Å². The first-order chi connectivity index (χ1) is 8.72. The number of benzene rings is 2. The summed E-state index contributed by atoms with van der Waals surface area (Å²) in [7, 11) is 0. The Kier molecular flexibility index (Phi) is 3.88. The zero-order valence-electron chi connectivity index (χ0n) is 11.0. The smallest absolute Gasteiger partial charge is 0.0511 e. The van der Waals surface area contributed by atoms with Crippen LogP contribution in [-0.4, -0.2) is 0 Å². The van der Waals surface area contributed by atoms with Crippen LogP contribution in [0.25, 0.3) is 0 Å². The van der Waals surface area contributed by atoms with E-state index in [0.29, 0.717) is 6.04 Å². The Hall–Kier alpha value is -1.96. The van der Waals surface area contributed by atoms with Crippen molar-refractivity contribution in [2.24, 2.45) is 0 Å². The molecule has 0 bridgehead atoms. The minimum absolute atomic E-state index is 0.326. The molecule has 0 saturated heterocycles. The lowest BCUT2D eigenvalue weighted by Crippen LogP contribution is -2.11. The van der Waals surface area contributed by atoms with Crippen LogP contribution < -0.4 is 11.1 Å². The van der Waals surface area contributed by atoms with Gasteiger partial charge in [0.25, 0.3) is 0 Å². The Morgan fingerprint density at radius 1 is 1.06 bits per heavy atom. The van der Waals surface area contributed by atoms with Gasteiger partial charge in [0.1, 0.15) is 0 Å². The van der Waals surface area contributed by atoms with Gasteiger partial charge in [-0.3, -0.25) is 0 Å². The lowest BCUT2D eigenvalue weighted by molar-refractivity contribution is 0.748. The summed E-state index contributed by atoms with van der Waals surface area (Å²) in [6, 6.07) is 16.8.